The number of likely N-dealkylation sites (tertiary alicyclic amines) is 1. The van der Waals surface area contributed by atoms with E-state index in [1.807, 2.05) is 18.2 Å². The van der Waals surface area contributed by atoms with Gasteiger partial charge in [-0.25, -0.2) is 9.59 Å². The second kappa shape index (κ2) is 5.71. The Bertz CT molecular complexity index is 461. The molecule has 0 saturated carbocycles. The first kappa shape index (κ1) is 13.4. The Morgan fingerprint density at radius 2 is 2.00 bits per heavy atom. The molecule has 1 fully saturated rings. The number of rotatable bonds is 3. The van der Waals surface area contributed by atoms with Crippen LogP contribution in [-0.2, 0) is 16.1 Å². The van der Waals surface area contributed by atoms with Crippen molar-refractivity contribution in [3.63, 3.8) is 0 Å². The minimum absolute atomic E-state index is 0.00934. The molecule has 2 atom stereocenters. The molecule has 0 aromatic heterocycles. The maximum absolute atomic E-state index is 11.8. The molecule has 1 aliphatic heterocycles. The Balaban J connectivity index is 1.94. The van der Waals surface area contributed by atoms with Gasteiger partial charge >= 0.3 is 12.1 Å². The van der Waals surface area contributed by atoms with E-state index in [9.17, 15) is 14.7 Å². The van der Waals surface area contributed by atoms with Crippen LogP contribution in [0.15, 0.2) is 30.3 Å². The first-order valence-electron chi connectivity index (χ1n) is 5.96. The molecule has 6 heteroatoms. The number of aliphatic carboxylic acids is 1. The van der Waals surface area contributed by atoms with Crippen LogP contribution in [0.3, 0.4) is 0 Å². The van der Waals surface area contributed by atoms with Crippen molar-refractivity contribution in [2.75, 3.05) is 6.54 Å². The van der Waals surface area contributed by atoms with Crippen LogP contribution in [-0.4, -0.2) is 45.9 Å². The number of nitrogens with zero attached hydrogens (tertiary/aromatic N) is 1. The van der Waals surface area contributed by atoms with Crippen LogP contribution in [0.2, 0.25) is 0 Å². The van der Waals surface area contributed by atoms with E-state index in [0.29, 0.717) is 0 Å². The summed E-state index contributed by atoms with van der Waals surface area (Å²) in [6, 6.07) is 8.09. The number of carboxylic acids is 1. The maximum Gasteiger partial charge on any atom is 0.410 e. The highest BCUT2D eigenvalue weighted by Gasteiger charge is 2.39. The fourth-order valence-electron chi connectivity index (χ4n) is 2.05. The number of β-amino-alcohol motifs (C(OH)–C–C–N with tert-alkyl or cyclic N) is 1. The van der Waals surface area contributed by atoms with Gasteiger partial charge in [-0.15, -0.1) is 0 Å². The zero-order valence-electron chi connectivity index (χ0n) is 10.2. The highest BCUT2D eigenvalue weighted by molar-refractivity contribution is 5.80. The van der Waals surface area contributed by atoms with E-state index in [4.69, 9.17) is 9.84 Å². The number of ether oxygens (including phenoxy) is 1. The summed E-state index contributed by atoms with van der Waals surface area (Å²) in [7, 11) is 0. The molecule has 0 spiro atoms. The van der Waals surface area contributed by atoms with Crippen LogP contribution in [0.25, 0.3) is 0 Å². The molecule has 1 aromatic rings. The van der Waals surface area contributed by atoms with Crippen molar-refractivity contribution in [1.82, 2.24) is 4.90 Å². The number of carboxylic acid groups (broad SMARTS) is 1. The quantitative estimate of drug-likeness (QED) is 0.845. The Kier molecular flexibility index (Phi) is 4.01. The van der Waals surface area contributed by atoms with Gasteiger partial charge in [0.25, 0.3) is 0 Å². The van der Waals surface area contributed by atoms with Gasteiger partial charge in [-0.3, -0.25) is 4.90 Å². The first-order chi connectivity index (χ1) is 9.08. The Labute approximate surface area is 110 Å². The van der Waals surface area contributed by atoms with E-state index in [1.165, 1.54) is 0 Å². The molecule has 2 rings (SSSR count). The minimum atomic E-state index is -1.13. The molecule has 1 aromatic carbocycles. The highest BCUT2D eigenvalue weighted by atomic mass is 16.6. The number of aliphatic hydroxyl groups excluding tert-OH is 1. The summed E-state index contributed by atoms with van der Waals surface area (Å²) < 4.78 is 5.05. The average Bonchev–Trinajstić information content (AvgIpc) is 2.79. The van der Waals surface area contributed by atoms with Gasteiger partial charge in [-0.1, -0.05) is 30.3 Å². The largest absolute Gasteiger partial charge is 0.480 e. The van der Waals surface area contributed by atoms with E-state index < -0.39 is 24.2 Å². The zero-order chi connectivity index (χ0) is 13.8. The van der Waals surface area contributed by atoms with E-state index >= 15 is 0 Å². The minimum Gasteiger partial charge on any atom is -0.480 e. The fraction of sp³-hybridized carbons (Fsp3) is 0.385. The number of hydrogen-bond donors (Lipinski definition) is 2. The lowest BCUT2D eigenvalue weighted by molar-refractivity contribution is -0.141. The van der Waals surface area contributed by atoms with Crippen molar-refractivity contribution < 1.29 is 24.5 Å². The molecule has 0 radical (unpaired) electrons. The summed E-state index contributed by atoms with van der Waals surface area (Å²) >= 11 is 0. The lowest BCUT2D eigenvalue weighted by Gasteiger charge is -2.20. The van der Waals surface area contributed by atoms with Gasteiger partial charge in [0.2, 0.25) is 0 Å². The Hall–Kier alpha value is -2.08. The summed E-state index contributed by atoms with van der Waals surface area (Å²) in [4.78, 5) is 23.8. The number of carbonyl (C=O) groups is 2. The summed E-state index contributed by atoms with van der Waals surface area (Å²) in [6.07, 6.45) is -1.49. The molecule has 0 bridgehead atoms. The smallest absolute Gasteiger partial charge is 0.410 e. The maximum atomic E-state index is 11.8. The average molecular weight is 265 g/mol. The molecular weight excluding hydrogens is 250 g/mol. The highest BCUT2D eigenvalue weighted by Crippen LogP contribution is 2.19. The van der Waals surface area contributed by atoms with Crippen LogP contribution in [0.4, 0.5) is 4.79 Å². The second-order valence-electron chi connectivity index (χ2n) is 4.44. The monoisotopic (exact) mass is 265 g/mol. The van der Waals surface area contributed by atoms with E-state index in [2.05, 4.69) is 0 Å². The lowest BCUT2D eigenvalue weighted by atomic mass is 10.2. The molecule has 6 nitrogen and oxygen atoms in total. The van der Waals surface area contributed by atoms with Crippen molar-refractivity contribution in [1.29, 1.82) is 0 Å². The van der Waals surface area contributed by atoms with Crippen LogP contribution >= 0.6 is 0 Å². The molecule has 1 heterocycles. The normalized spacial score (nSPS) is 22.3. The number of aliphatic hydroxyl groups is 1. The van der Waals surface area contributed by atoms with Crippen molar-refractivity contribution in [3.8, 4) is 0 Å². The second-order valence-corrected chi connectivity index (χ2v) is 4.44. The third kappa shape index (κ3) is 3.23. The fourth-order valence-corrected chi connectivity index (χ4v) is 2.05. The molecule has 0 aliphatic carbocycles. The SMILES string of the molecule is O=C(O)C1C[C@H](O)CN1C(=O)OCc1ccccc1. The van der Waals surface area contributed by atoms with Crippen LogP contribution in [0, 0.1) is 0 Å². The number of carbonyl (C=O) groups excluding carboxylic acids is 1. The van der Waals surface area contributed by atoms with Crippen LogP contribution in [0.1, 0.15) is 12.0 Å². The van der Waals surface area contributed by atoms with E-state index in [-0.39, 0.29) is 19.6 Å². The van der Waals surface area contributed by atoms with Crippen molar-refractivity contribution in [2.24, 2.45) is 0 Å². The summed E-state index contributed by atoms with van der Waals surface area (Å²) in [5.74, 6) is -1.13. The van der Waals surface area contributed by atoms with E-state index in [1.54, 1.807) is 12.1 Å². The molecule has 2 N–H and O–H groups in total. The van der Waals surface area contributed by atoms with Crippen molar-refractivity contribution >= 4 is 12.1 Å². The Morgan fingerprint density at radius 1 is 1.32 bits per heavy atom. The molecular formula is C13H15NO5. The summed E-state index contributed by atoms with van der Waals surface area (Å²) in [5.41, 5.74) is 0.822. The number of hydrogen-bond acceptors (Lipinski definition) is 4. The molecule has 19 heavy (non-hydrogen) atoms. The summed E-state index contributed by atoms with van der Waals surface area (Å²) in [5, 5.41) is 18.4. The number of amides is 1. The van der Waals surface area contributed by atoms with Gasteiger partial charge in [0, 0.05) is 6.42 Å². The molecule has 1 saturated heterocycles. The molecule has 1 unspecified atom stereocenters. The van der Waals surface area contributed by atoms with Gasteiger partial charge in [0.1, 0.15) is 12.6 Å². The predicted molar refractivity (Wildman–Crippen MR) is 65.4 cm³/mol. The van der Waals surface area contributed by atoms with Crippen molar-refractivity contribution in [2.45, 2.75) is 25.2 Å². The summed E-state index contributed by atoms with van der Waals surface area (Å²) in [6.45, 7) is 0.0726. The third-order valence-electron chi connectivity index (χ3n) is 3.00. The van der Waals surface area contributed by atoms with Gasteiger partial charge in [0.15, 0.2) is 0 Å². The molecule has 1 amide bonds. The van der Waals surface area contributed by atoms with E-state index in [0.717, 1.165) is 10.5 Å². The standard InChI is InChI=1S/C13H15NO5/c15-10-6-11(12(16)17)14(7-10)13(18)19-8-9-4-2-1-3-5-9/h1-5,10-11,15H,6-8H2,(H,16,17)/t10-,11?/m0/s1. The third-order valence-corrected chi connectivity index (χ3v) is 3.00. The van der Waals surface area contributed by atoms with Crippen molar-refractivity contribution in [3.05, 3.63) is 35.9 Å². The zero-order valence-corrected chi connectivity index (χ0v) is 10.2. The first-order valence-corrected chi connectivity index (χ1v) is 5.96. The lowest BCUT2D eigenvalue weighted by Crippen LogP contribution is -2.40. The predicted octanol–water partition coefficient (Wildman–Crippen LogP) is 0.843. The molecule has 102 valence electrons. The number of benzene rings is 1. The Morgan fingerprint density at radius 3 is 2.63 bits per heavy atom. The van der Waals surface area contributed by atoms with Crippen LogP contribution < -0.4 is 0 Å². The van der Waals surface area contributed by atoms with Gasteiger partial charge < -0.3 is 14.9 Å². The topological polar surface area (TPSA) is 87.1 Å². The van der Waals surface area contributed by atoms with Gasteiger partial charge in [0.05, 0.1) is 12.6 Å². The van der Waals surface area contributed by atoms with Gasteiger partial charge in [-0.05, 0) is 5.56 Å². The van der Waals surface area contributed by atoms with Gasteiger partial charge in [-0.2, -0.15) is 0 Å². The van der Waals surface area contributed by atoms with Crippen LogP contribution in [0.5, 0.6) is 0 Å². The molecule has 1 aliphatic rings.